The van der Waals surface area contributed by atoms with Crippen molar-refractivity contribution in [2.75, 3.05) is 7.05 Å². The van der Waals surface area contributed by atoms with E-state index >= 15 is 0 Å². The molecule has 0 saturated heterocycles. The van der Waals surface area contributed by atoms with E-state index in [1.807, 2.05) is 44.3 Å². The molecule has 1 heterocycles. The van der Waals surface area contributed by atoms with Gasteiger partial charge in [-0.1, -0.05) is 24.3 Å². The van der Waals surface area contributed by atoms with E-state index in [2.05, 4.69) is 0 Å². The third kappa shape index (κ3) is 3.48. The minimum absolute atomic E-state index is 0.0890. The van der Waals surface area contributed by atoms with E-state index in [1.54, 1.807) is 11.2 Å². The molecule has 0 spiro atoms. The summed E-state index contributed by atoms with van der Waals surface area (Å²) in [6.07, 6.45) is 2.05. The zero-order valence-corrected chi connectivity index (χ0v) is 11.9. The quantitative estimate of drug-likeness (QED) is 0.908. The molecule has 106 valence electrons. The second-order valence-corrected chi connectivity index (χ2v) is 4.95. The molecule has 0 aliphatic heterocycles. The lowest BCUT2D eigenvalue weighted by Gasteiger charge is -2.17. The summed E-state index contributed by atoms with van der Waals surface area (Å²) in [5, 5.41) is 0. The molecule has 2 N–H and O–H groups in total. The summed E-state index contributed by atoms with van der Waals surface area (Å²) in [5.41, 5.74) is 8.67. The Balaban J connectivity index is 1.95. The number of carbonyl (C=O) groups excluding carboxylic acids is 1. The molecule has 0 fully saturated rings. The molecule has 0 unspecified atom stereocenters. The number of furan rings is 1. The van der Waals surface area contributed by atoms with Gasteiger partial charge < -0.3 is 15.1 Å². The van der Waals surface area contributed by atoms with Crippen molar-refractivity contribution in [2.45, 2.75) is 26.4 Å². The van der Waals surface area contributed by atoms with Gasteiger partial charge in [0.05, 0.1) is 12.7 Å². The molecule has 1 aromatic carbocycles. The van der Waals surface area contributed by atoms with Crippen LogP contribution in [-0.4, -0.2) is 17.9 Å². The number of carbonyl (C=O) groups is 1. The van der Waals surface area contributed by atoms with Gasteiger partial charge >= 0.3 is 0 Å². The van der Waals surface area contributed by atoms with Gasteiger partial charge in [-0.2, -0.15) is 0 Å². The van der Waals surface area contributed by atoms with E-state index in [9.17, 15) is 4.79 Å². The third-order valence-electron chi connectivity index (χ3n) is 3.41. The lowest BCUT2D eigenvalue weighted by molar-refractivity contribution is -0.129. The minimum Gasteiger partial charge on any atom is -0.469 e. The fraction of sp³-hybridized carbons (Fsp3) is 0.312. The Hall–Kier alpha value is -2.07. The SMILES string of the molecule is Cc1occc1CN(C)C(=O)Cc1ccc(CN)cc1. The van der Waals surface area contributed by atoms with Gasteiger partial charge in [0.2, 0.25) is 5.91 Å². The standard InChI is InChI=1S/C16H20N2O2/c1-12-15(7-8-20-12)11-18(2)16(19)9-13-3-5-14(10-17)6-4-13/h3-8H,9-11,17H2,1-2H3. The van der Waals surface area contributed by atoms with Crippen molar-refractivity contribution in [3.8, 4) is 0 Å². The van der Waals surface area contributed by atoms with Crippen LogP contribution in [0, 0.1) is 6.92 Å². The Kier molecular flexibility index (Phi) is 4.58. The predicted molar refractivity (Wildman–Crippen MR) is 78.0 cm³/mol. The molecule has 0 atom stereocenters. The molecule has 0 aliphatic carbocycles. The van der Waals surface area contributed by atoms with Crippen molar-refractivity contribution in [1.29, 1.82) is 0 Å². The van der Waals surface area contributed by atoms with Crippen LogP contribution in [0.5, 0.6) is 0 Å². The number of rotatable bonds is 5. The molecule has 0 radical (unpaired) electrons. The maximum Gasteiger partial charge on any atom is 0.227 e. The average Bonchev–Trinajstić information content (AvgIpc) is 2.85. The molecule has 4 nitrogen and oxygen atoms in total. The van der Waals surface area contributed by atoms with Crippen LogP contribution in [0.25, 0.3) is 0 Å². The first-order valence-corrected chi connectivity index (χ1v) is 6.65. The van der Waals surface area contributed by atoms with Crippen LogP contribution < -0.4 is 5.73 Å². The van der Waals surface area contributed by atoms with E-state index in [-0.39, 0.29) is 5.91 Å². The third-order valence-corrected chi connectivity index (χ3v) is 3.41. The molecule has 1 aromatic heterocycles. The van der Waals surface area contributed by atoms with E-state index in [0.29, 0.717) is 19.5 Å². The molecule has 20 heavy (non-hydrogen) atoms. The van der Waals surface area contributed by atoms with E-state index in [4.69, 9.17) is 10.2 Å². The smallest absolute Gasteiger partial charge is 0.227 e. The fourth-order valence-corrected chi connectivity index (χ4v) is 2.02. The summed E-state index contributed by atoms with van der Waals surface area (Å²) in [7, 11) is 1.81. The number of aryl methyl sites for hydroxylation is 1. The van der Waals surface area contributed by atoms with Crippen molar-refractivity contribution < 1.29 is 9.21 Å². The number of nitrogens with two attached hydrogens (primary N) is 1. The van der Waals surface area contributed by atoms with Gasteiger partial charge in [0.15, 0.2) is 0 Å². The summed E-state index contributed by atoms with van der Waals surface area (Å²) < 4.78 is 5.24. The highest BCUT2D eigenvalue weighted by Gasteiger charge is 2.12. The molecule has 2 rings (SSSR count). The summed E-state index contributed by atoms with van der Waals surface area (Å²) in [4.78, 5) is 13.9. The van der Waals surface area contributed by atoms with E-state index < -0.39 is 0 Å². The normalized spacial score (nSPS) is 10.6. The molecular weight excluding hydrogens is 252 g/mol. The van der Waals surface area contributed by atoms with Crippen LogP contribution in [0.15, 0.2) is 41.0 Å². The maximum atomic E-state index is 12.2. The molecule has 1 amide bonds. The highest BCUT2D eigenvalue weighted by atomic mass is 16.3. The molecule has 2 aromatic rings. The first kappa shape index (κ1) is 14.3. The Morgan fingerprint density at radius 1 is 1.20 bits per heavy atom. The first-order valence-electron chi connectivity index (χ1n) is 6.65. The highest BCUT2D eigenvalue weighted by Crippen LogP contribution is 2.12. The van der Waals surface area contributed by atoms with Crippen molar-refractivity contribution in [3.63, 3.8) is 0 Å². The van der Waals surface area contributed by atoms with Crippen LogP contribution in [0.1, 0.15) is 22.5 Å². The zero-order valence-electron chi connectivity index (χ0n) is 11.9. The number of hydrogen-bond donors (Lipinski definition) is 1. The van der Waals surface area contributed by atoms with Crippen LogP contribution in [0.4, 0.5) is 0 Å². The summed E-state index contributed by atoms with van der Waals surface area (Å²) in [6.45, 7) is 3.00. The zero-order chi connectivity index (χ0) is 14.5. The number of amides is 1. The predicted octanol–water partition coefficient (Wildman–Crippen LogP) is 2.25. The second-order valence-electron chi connectivity index (χ2n) is 4.95. The van der Waals surface area contributed by atoms with Crippen LogP contribution >= 0.6 is 0 Å². The topological polar surface area (TPSA) is 59.5 Å². The molecule has 0 aliphatic rings. The summed E-state index contributed by atoms with van der Waals surface area (Å²) in [6, 6.07) is 9.73. The van der Waals surface area contributed by atoms with Gasteiger partial charge in [-0.05, 0) is 24.1 Å². The lowest BCUT2D eigenvalue weighted by atomic mass is 10.1. The van der Waals surface area contributed by atoms with Crippen molar-refractivity contribution in [3.05, 3.63) is 59.0 Å². The van der Waals surface area contributed by atoms with Crippen LogP contribution in [0.3, 0.4) is 0 Å². The largest absolute Gasteiger partial charge is 0.469 e. The van der Waals surface area contributed by atoms with Crippen LogP contribution in [-0.2, 0) is 24.3 Å². The van der Waals surface area contributed by atoms with Gasteiger partial charge in [0.1, 0.15) is 5.76 Å². The Labute approximate surface area is 119 Å². The Morgan fingerprint density at radius 2 is 1.85 bits per heavy atom. The number of nitrogens with zero attached hydrogens (tertiary/aromatic N) is 1. The van der Waals surface area contributed by atoms with Gasteiger partial charge in [0, 0.05) is 25.7 Å². The molecular formula is C16H20N2O2. The van der Waals surface area contributed by atoms with Crippen molar-refractivity contribution >= 4 is 5.91 Å². The first-order chi connectivity index (χ1) is 9.60. The highest BCUT2D eigenvalue weighted by molar-refractivity contribution is 5.78. The average molecular weight is 272 g/mol. The van der Waals surface area contributed by atoms with E-state index in [0.717, 1.165) is 22.5 Å². The minimum atomic E-state index is 0.0890. The molecule has 4 heteroatoms. The molecule has 0 saturated carbocycles. The van der Waals surface area contributed by atoms with Gasteiger partial charge in [-0.15, -0.1) is 0 Å². The molecule has 0 bridgehead atoms. The number of likely N-dealkylation sites (N-methyl/N-ethyl adjacent to an activating group) is 1. The lowest BCUT2D eigenvalue weighted by Crippen LogP contribution is -2.27. The number of hydrogen-bond acceptors (Lipinski definition) is 3. The second kappa shape index (κ2) is 6.39. The fourth-order valence-electron chi connectivity index (χ4n) is 2.02. The monoisotopic (exact) mass is 272 g/mol. The van der Waals surface area contributed by atoms with Gasteiger partial charge in [-0.25, -0.2) is 0 Å². The van der Waals surface area contributed by atoms with Crippen molar-refractivity contribution in [1.82, 2.24) is 4.90 Å². The Morgan fingerprint density at radius 3 is 2.40 bits per heavy atom. The van der Waals surface area contributed by atoms with Crippen molar-refractivity contribution in [2.24, 2.45) is 5.73 Å². The Bertz CT molecular complexity index is 572. The van der Waals surface area contributed by atoms with Crippen LogP contribution in [0.2, 0.25) is 0 Å². The maximum absolute atomic E-state index is 12.2. The van der Waals surface area contributed by atoms with E-state index in [1.165, 1.54) is 0 Å². The van der Waals surface area contributed by atoms with Gasteiger partial charge in [-0.3, -0.25) is 4.79 Å². The summed E-state index contributed by atoms with van der Waals surface area (Å²) in [5.74, 6) is 0.947. The van der Waals surface area contributed by atoms with Gasteiger partial charge in [0.25, 0.3) is 0 Å². The number of benzene rings is 1. The summed E-state index contributed by atoms with van der Waals surface area (Å²) >= 11 is 0.